The van der Waals surface area contributed by atoms with Crippen LogP contribution in [0.3, 0.4) is 0 Å². The van der Waals surface area contributed by atoms with E-state index in [1.807, 2.05) is 0 Å². The van der Waals surface area contributed by atoms with Crippen molar-refractivity contribution in [2.75, 3.05) is 65.5 Å². The van der Waals surface area contributed by atoms with Crippen LogP contribution >= 0.6 is 24.0 Å². The van der Waals surface area contributed by atoms with Crippen LogP contribution in [0.25, 0.3) is 0 Å². The summed E-state index contributed by atoms with van der Waals surface area (Å²) in [6.07, 6.45) is 10.5. The molecule has 7 heteroatoms. The first kappa shape index (κ1) is 26.9. The molecule has 1 aliphatic carbocycles. The average Bonchev–Trinajstić information content (AvgIpc) is 2.74. The molecule has 1 heterocycles. The Bertz CT molecular complexity index is 410. The zero-order valence-electron chi connectivity index (χ0n) is 19.0. The van der Waals surface area contributed by atoms with E-state index in [2.05, 4.69) is 34.3 Å². The lowest BCUT2D eigenvalue weighted by Gasteiger charge is -2.34. The van der Waals surface area contributed by atoms with Gasteiger partial charge in [0.25, 0.3) is 0 Å². The maximum absolute atomic E-state index is 5.99. The van der Waals surface area contributed by atoms with Crippen LogP contribution in [0.15, 0.2) is 4.99 Å². The summed E-state index contributed by atoms with van der Waals surface area (Å²) in [5.41, 5.74) is 0. The Morgan fingerprint density at radius 2 is 1.66 bits per heavy atom. The highest BCUT2D eigenvalue weighted by atomic mass is 127. The van der Waals surface area contributed by atoms with Gasteiger partial charge in [-0.05, 0) is 52.1 Å². The summed E-state index contributed by atoms with van der Waals surface area (Å²) in [6, 6.07) is 0. The number of piperazine rings is 1. The van der Waals surface area contributed by atoms with Crippen LogP contribution in [0.2, 0.25) is 0 Å². The molecular formula is C22H46IN5O. The zero-order chi connectivity index (χ0) is 19.9. The number of guanidine groups is 1. The van der Waals surface area contributed by atoms with Gasteiger partial charge in [-0.25, -0.2) is 0 Å². The fraction of sp³-hybridized carbons (Fsp3) is 0.955. The SMILES string of the molecule is CCNC(=NCCCOC1CCCCC1)NCCCCN1CCN(CC)CC1.I. The second-order valence-electron chi connectivity index (χ2n) is 8.15. The molecule has 172 valence electrons. The Hall–Kier alpha value is -0.120. The number of hydrogen-bond donors (Lipinski definition) is 2. The number of halogens is 1. The minimum absolute atomic E-state index is 0. The molecule has 2 fully saturated rings. The summed E-state index contributed by atoms with van der Waals surface area (Å²) in [5, 5.41) is 6.84. The van der Waals surface area contributed by atoms with Crippen molar-refractivity contribution in [3.05, 3.63) is 0 Å². The van der Waals surface area contributed by atoms with Crippen molar-refractivity contribution < 1.29 is 4.74 Å². The second kappa shape index (κ2) is 17.5. The van der Waals surface area contributed by atoms with Crippen LogP contribution in [0, 0.1) is 0 Å². The van der Waals surface area contributed by atoms with Crippen LogP contribution < -0.4 is 10.6 Å². The Kier molecular flexibility index (Phi) is 16.3. The Balaban J connectivity index is 0.00000420. The van der Waals surface area contributed by atoms with Crippen molar-refractivity contribution in [1.82, 2.24) is 20.4 Å². The third-order valence-corrected chi connectivity index (χ3v) is 5.93. The van der Waals surface area contributed by atoms with Gasteiger partial charge >= 0.3 is 0 Å². The molecule has 0 spiro atoms. The summed E-state index contributed by atoms with van der Waals surface area (Å²) in [7, 11) is 0. The minimum atomic E-state index is 0. The van der Waals surface area contributed by atoms with Crippen LogP contribution in [-0.2, 0) is 4.74 Å². The Labute approximate surface area is 196 Å². The zero-order valence-corrected chi connectivity index (χ0v) is 21.3. The van der Waals surface area contributed by atoms with E-state index in [0.29, 0.717) is 6.10 Å². The van der Waals surface area contributed by atoms with Crippen LogP contribution in [-0.4, -0.2) is 87.4 Å². The van der Waals surface area contributed by atoms with E-state index in [9.17, 15) is 0 Å². The van der Waals surface area contributed by atoms with Crippen LogP contribution in [0.4, 0.5) is 0 Å². The van der Waals surface area contributed by atoms with E-state index in [-0.39, 0.29) is 24.0 Å². The standard InChI is InChI=1S/C22H45N5O.HI/c1-3-23-22(25-14-10-20-28-21-11-6-5-7-12-21)24-13-8-9-15-27-18-16-26(4-2)17-19-27;/h21H,3-20H2,1-2H3,(H2,23,24,25);1H. The van der Waals surface area contributed by atoms with Gasteiger partial charge in [-0.1, -0.05) is 26.2 Å². The highest BCUT2D eigenvalue weighted by Crippen LogP contribution is 2.20. The molecule has 0 bridgehead atoms. The lowest BCUT2D eigenvalue weighted by Crippen LogP contribution is -2.46. The predicted molar refractivity (Wildman–Crippen MR) is 135 cm³/mol. The third-order valence-electron chi connectivity index (χ3n) is 5.93. The van der Waals surface area contributed by atoms with Gasteiger partial charge in [0.15, 0.2) is 5.96 Å². The van der Waals surface area contributed by atoms with E-state index in [1.54, 1.807) is 0 Å². The topological polar surface area (TPSA) is 52.1 Å². The summed E-state index contributed by atoms with van der Waals surface area (Å²) >= 11 is 0. The monoisotopic (exact) mass is 523 g/mol. The molecule has 0 unspecified atom stereocenters. The van der Waals surface area contributed by atoms with E-state index >= 15 is 0 Å². The maximum Gasteiger partial charge on any atom is 0.191 e. The van der Waals surface area contributed by atoms with Gasteiger partial charge in [0.2, 0.25) is 0 Å². The van der Waals surface area contributed by atoms with Gasteiger partial charge in [0.1, 0.15) is 0 Å². The fourth-order valence-electron chi connectivity index (χ4n) is 4.08. The normalized spacial score (nSPS) is 19.7. The number of likely N-dealkylation sites (N-methyl/N-ethyl adjacent to an activating group) is 1. The third kappa shape index (κ3) is 12.4. The molecule has 1 aliphatic heterocycles. The molecule has 0 amide bonds. The van der Waals surface area contributed by atoms with E-state index in [4.69, 9.17) is 9.73 Å². The molecule has 0 radical (unpaired) electrons. The molecule has 0 atom stereocenters. The lowest BCUT2D eigenvalue weighted by atomic mass is 9.98. The van der Waals surface area contributed by atoms with E-state index < -0.39 is 0 Å². The summed E-state index contributed by atoms with van der Waals surface area (Å²) < 4.78 is 5.99. The first-order valence-electron chi connectivity index (χ1n) is 11.9. The smallest absolute Gasteiger partial charge is 0.191 e. The Morgan fingerprint density at radius 1 is 0.931 bits per heavy atom. The number of rotatable bonds is 12. The minimum Gasteiger partial charge on any atom is -0.378 e. The summed E-state index contributed by atoms with van der Waals surface area (Å²) in [6.45, 7) is 15.3. The molecule has 0 aromatic heterocycles. The van der Waals surface area contributed by atoms with Crippen molar-refractivity contribution in [1.29, 1.82) is 0 Å². The van der Waals surface area contributed by atoms with Crippen molar-refractivity contribution in [3.8, 4) is 0 Å². The van der Waals surface area contributed by atoms with Crippen LogP contribution in [0.5, 0.6) is 0 Å². The molecule has 2 aliphatic rings. The maximum atomic E-state index is 5.99. The average molecular weight is 524 g/mol. The van der Waals surface area contributed by atoms with E-state index in [1.165, 1.54) is 84.2 Å². The highest BCUT2D eigenvalue weighted by Gasteiger charge is 2.14. The number of nitrogens with one attached hydrogen (secondary N) is 2. The van der Waals surface area contributed by atoms with Crippen molar-refractivity contribution >= 4 is 29.9 Å². The van der Waals surface area contributed by atoms with Gasteiger partial charge in [-0.2, -0.15) is 0 Å². The number of ether oxygens (including phenoxy) is 1. The van der Waals surface area contributed by atoms with Gasteiger partial charge in [0.05, 0.1) is 6.10 Å². The molecular weight excluding hydrogens is 477 g/mol. The molecule has 1 saturated heterocycles. The Morgan fingerprint density at radius 3 is 2.34 bits per heavy atom. The van der Waals surface area contributed by atoms with Gasteiger partial charge in [0, 0.05) is 52.4 Å². The molecule has 6 nitrogen and oxygen atoms in total. The molecule has 1 saturated carbocycles. The first-order valence-corrected chi connectivity index (χ1v) is 11.9. The first-order chi connectivity index (χ1) is 13.8. The largest absolute Gasteiger partial charge is 0.378 e. The van der Waals surface area contributed by atoms with Crippen LogP contribution in [0.1, 0.15) is 65.2 Å². The number of nitrogens with zero attached hydrogens (tertiary/aromatic N) is 3. The number of hydrogen-bond acceptors (Lipinski definition) is 4. The number of aliphatic imine (C=N–C) groups is 1. The van der Waals surface area contributed by atoms with Gasteiger partial charge < -0.3 is 25.2 Å². The molecule has 0 aromatic carbocycles. The summed E-state index contributed by atoms with van der Waals surface area (Å²) in [4.78, 5) is 9.85. The predicted octanol–water partition coefficient (Wildman–Crippen LogP) is 3.32. The molecule has 2 N–H and O–H groups in total. The van der Waals surface area contributed by atoms with Gasteiger partial charge in [-0.3, -0.25) is 4.99 Å². The number of unbranched alkanes of at least 4 members (excludes halogenated alkanes) is 1. The second-order valence-corrected chi connectivity index (χ2v) is 8.15. The highest BCUT2D eigenvalue weighted by molar-refractivity contribution is 14.0. The van der Waals surface area contributed by atoms with Crippen molar-refractivity contribution in [2.45, 2.75) is 71.3 Å². The van der Waals surface area contributed by atoms with Crippen molar-refractivity contribution in [2.24, 2.45) is 4.99 Å². The van der Waals surface area contributed by atoms with E-state index in [0.717, 1.165) is 38.6 Å². The van der Waals surface area contributed by atoms with Gasteiger partial charge in [-0.15, -0.1) is 24.0 Å². The quantitative estimate of drug-likeness (QED) is 0.178. The summed E-state index contributed by atoms with van der Waals surface area (Å²) in [5.74, 6) is 0.955. The fourth-order valence-corrected chi connectivity index (χ4v) is 4.08. The van der Waals surface area contributed by atoms with Crippen molar-refractivity contribution in [3.63, 3.8) is 0 Å². The molecule has 0 aromatic rings. The lowest BCUT2D eigenvalue weighted by molar-refractivity contribution is 0.0281. The molecule has 29 heavy (non-hydrogen) atoms. The molecule has 2 rings (SSSR count).